The van der Waals surface area contributed by atoms with E-state index in [9.17, 15) is 18.0 Å². The zero-order chi connectivity index (χ0) is 15.6. The van der Waals surface area contributed by atoms with Crippen molar-refractivity contribution in [3.05, 3.63) is 47.3 Å². The Bertz CT molecular complexity index is 665. The molecule has 1 aromatic heterocycles. The molecule has 0 saturated carbocycles. The van der Waals surface area contributed by atoms with Crippen LogP contribution in [0.15, 0.2) is 30.5 Å². The summed E-state index contributed by atoms with van der Waals surface area (Å²) in [5, 5.41) is 15.9. The predicted molar refractivity (Wildman–Crippen MR) is 68.9 cm³/mol. The summed E-state index contributed by atoms with van der Waals surface area (Å²) in [4.78, 5) is 11.1. The smallest absolute Gasteiger partial charge is 0.416 e. The van der Waals surface area contributed by atoms with Crippen LogP contribution in [0.1, 0.15) is 21.6 Å². The SMILES string of the molecule is Cn1ccc(CNc2ccc(C(F)(F)F)cc2C(=O)O)n1. The number of aromatic nitrogens is 2. The lowest BCUT2D eigenvalue weighted by Gasteiger charge is -2.12. The molecular formula is C13H12F3N3O2. The maximum absolute atomic E-state index is 12.6. The van der Waals surface area contributed by atoms with Crippen LogP contribution in [0.25, 0.3) is 0 Å². The molecule has 5 nitrogen and oxygen atoms in total. The molecule has 1 heterocycles. The maximum Gasteiger partial charge on any atom is 0.416 e. The number of carboxylic acid groups (broad SMARTS) is 1. The highest BCUT2D eigenvalue weighted by Crippen LogP contribution is 2.32. The third kappa shape index (κ3) is 3.53. The van der Waals surface area contributed by atoms with Crippen LogP contribution in [-0.2, 0) is 19.8 Å². The lowest BCUT2D eigenvalue weighted by Crippen LogP contribution is -2.11. The van der Waals surface area contributed by atoms with E-state index in [4.69, 9.17) is 5.11 Å². The number of alkyl halides is 3. The number of aromatic carboxylic acids is 1. The van der Waals surface area contributed by atoms with Crippen molar-refractivity contribution in [3.8, 4) is 0 Å². The molecule has 0 radical (unpaired) electrons. The highest BCUT2D eigenvalue weighted by Gasteiger charge is 2.31. The number of carbonyl (C=O) groups is 1. The highest BCUT2D eigenvalue weighted by molar-refractivity contribution is 5.94. The van der Waals surface area contributed by atoms with Crippen LogP contribution in [0.5, 0.6) is 0 Å². The summed E-state index contributed by atoms with van der Waals surface area (Å²) < 4.78 is 39.3. The van der Waals surface area contributed by atoms with Crippen LogP contribution in [0.2, 0.25) is 0 Å². The van der Waals surface area contributed by atoms with Gasteiger partial charge in [0.05, 0.1) is 23.4 Å². The first-order valence-electron chi connectivity index (χ1n) is 5.94. The standard InChI is InChI=1S/C13H12F3N3O2/c1-19-5-4-9(18-19)7-17-11-3-2-8(13(14,15)16)6-10(11)12(20)21/h2-6,17H,7H2,1H3,(H,20,21). The predicted octanol–water partition coefficient (Wildman–Crippen LogP) is 2.75. The second kappa shape index (κ2) is 5.47. The van der Waals surface area contributed by atoms with Crippen molar-refractivity contribution in [1.29, 1.82) is 0 Å². The van der Waals surface area contributed by atoms with Crippen LogP contribution < -0.4 is 5.32 Å². The van der Waals surface area contributed by atoms with Gasteiger partial charge in [-0.3, -0.25) is 4.68 Å². The molecule has 21 heavy (non-hydrogen) atoms. The van der Waals surface area contributed by atoms with E-state index < -0.39 is 23.3 Å². The molecule has 0 aliphatic carbocycles. The molecule has 0 amide bonds. The van der Waals surface area contributed by atoms with E-state index in [-0.39, 0.29) is 12.2 Å². The Hall–Kier alpha value is -2.51. The van der Waals surface area contributed by atoms with Gasteiger partial charge in [0.25, 0.3) is 0 Å². The molecule has 0 spiro atoms. The lowest BCUT2D eigenvalue weighted by molar-refractivity contribution is -0.137. The van der Waals surface area contributed by atoms with Gasteiger partial charge in [-0.1, -0.05) is 0 Å². The van der Waals surface area contributed by atoms with Gasteiger partial charge in [0, 0.05) is 18.9 Å². The minimum atomic E-state index is -4.58. The summed E-state index contributed by atoms with van der Waals surface area (Å²) in [6.45, 7) is 0.215. The summed E-state index contributed by atoms with van der Waals surface area (Å²) in [5.74, 6) is -1.43. The van der Waals surface area contributed by atoms with Gasteiger partial charge in [0.1, 0.15) is 0 Å². The number of anilines is 1. The molecule has 0 fully saturated rings. The van der Waals surface area contributed by atoms with Crippen molar-refractivity contribution in [3.63, 3.8) is 0 Å². The third-order valence-electron chi connectivity index (χ3n) is 2.81. The molecule has 112 valence electrons. The summed E-state index contributed by atoms with van der Waals surface area (Å²) in [6, 6.07) is 4.28. The number of hydrogen-bond donors (Lipinski definition) is 2. The van der Waals surface area contributed by atoms with E-state index in [0.717, 1.165) is 12.1 Å². The van der Waals surface area contributed by atoms with E-state index in [1.54, 1.807) is 24.0 Å². The van der Waals surface area contributed by atoms with Crippen molar-refractivity contribution in [2.24, 2.45) is 7.05 Å². The van der Waals surface area contributed by atoms with E-state index in [1.807, 2.05) is 0 Å². The van der Waals surface area contributed by atoms with Gasteiger partial charge in [-0.15, -0.1) is 0 Å². The highest BCUT2D eigenvalue weighted by atomic mass is 19.4. The first-order valence-corrected chi connectivity index (χ1v) is 5.94. The summed E-state index contributed by atoms with van der Waals surface area (Å²) in [5.41, 5.74) is -0.668. The zero-order valence-electron chi connectivity index (χ0n) is 11.0. The Morgan fingerprint density at radius 1 is 1.38 bits per heavy atom. The second-order valence-corrected chi connectivity index (χ2v) is 4.40. The molecular weight excluding hydrogens is 287 g/mol. The van der Waals surface area contributed by atoms with Crippen molar-refractivity contribution in [2.45, 2.75) is 12.7 Å². The topological polar surface area (TPSA) is 67.2 Å². The monoisotopic (exact) mass is 299 g/mol. The Morgan fingerprint density at radius 2 is 2.10 bits per heavy atom. The van der Waals surface area contributed by atoms with E-state index in [0.29, 0.717) is 11.8 Å². The van der Waals surface area contributed by atoms with Gasteiger partial charge in [-0.25, -0.2) is 4.79 Å². The largest absolute Gasteiger partial charge is 0.478 e. The van der Waals surface area contributed by atoms with E-state index in [1.165, 1.54) is 0 Å². The fourth-order valence-electron chi connectivity index (χ4n) is 1.79. The molecule has 0 unspecified atom stereocenters. The summed E-state index contributed by atoms with van der Waals surface area (Å²) >= 11 is 0. The first-order chi connectivity index (χ1) is 9.77. The van der Waals surface area contributed by atoms with Crippen molar-refractivity contribution in [1.82, 2.24) is 9.78 Å². The number of carboxylic acids is 1. The first kappa shape index (κ1) is 14.9. The van der Waals surface area contributed by atoms with Crippen LogP contribution in [-0.4, -0.2) is 20.9 Å². The quantitative estimate of drug-likeness (QED) is 0.911. The minimum Gasteiger partial charge on any atom is -0.478 e. The molecule has 0 saturated heterocycles. The lowest BCUT2D eigenvalue weighted by atomic mass is 10.1. The van der Waals surface area contributed by atoms with Crippen LogP contribution in [0.3, 0.4) is 0 Å². The molecule has 1 aromatic carbocycles. The molecule has 0 bridgehead atoms. The van der Waals surface area contributed by atoms with Crippen molar-refractivity contribution < 1.29 is 23.1 Å². The summed E-state index contributed by atoms with van der Waals surface area (Å²) in [7, 11) is 1.73. The molecule has 0 atom stereocenters. The molecule has 0 aliphatic heterocycles. The number of aryl methyl sites for hydroxylation is 1. The number of nitrogens with one attached hydrogen (secondary N) is 1. The molecule has 2 aromatic rings. The molecule has 0 aliphatic rings. The maximum atomic E-state index is 12.6. The number of halogens is 3. The van der Waals surface area contributed by atoms with Gasteiger partial charge in [0.15, 0.2) is 0 Å². The van der Waals surface area contributed by atoms with Gasteiger partial charge >= 0.3 is 12.1 Å². The number of nitrogens with zero attached hydrogens (tertiary/aromatic N) is 2. The van der Waals surface area contributed by atoms with Gasteiger partial charge in [-0.2, -0.15) is 18.3 Å². The normalized spacial score (nSPS) is 11.4. The van der Waals surface area contributed by atoms with Crippen LogP contribution >= 0.6 is 0 Å². The fraction of sp³-hybridized carbons (Fsp3) is 0.231. The van der Waals surface area contributed by atoms with Crippen molar-refractivity contribution >= 4 is 11.7 Å². The number of benzene rings is 1. The van der Waals surface area contributed by atoms with E-state index in [2.05, 4.69) is 10.4 Å². The second-order valence-electron chi connectivity index (χ2n) is 4.40. The van der Waals surface area contributed by atoms with Gasteiger partial charge in [-0.05, 0) is 24.3 Å². The molecule has 2 rings (SSSR count). The molecule has 8 heteroatoms. The number of rotatable bonds is 4. The summed E-state index contributed by atoms with van der Waals surface area (Å²) in [6.07, 6.45) is -2.87. The van der Waals surface area contributed by atoms with Gasteiger partial charge in [0.2, 0.25) is 0 Å². The minimum absolute atomic E-state index is 0.112. The average Bonchev–Trinajstić information content (AvgIpc) is 2.80. The zero-order valence-corrected chi connectivity index (χ0v) is 11.0. The Kier molecular flexibility index (Phi) is 3.88. The third-order valence-corrected chi connectivity index (χ3v) is 2.81. The Labute approximate surface area is 118 Å². The van der Waals surface area contributed by atoms with Crippen LogP contribution in [0.4, 0.5) is 18.9 Å². The molecule has 2 N–H and O–H groups in total. The Balaban J connectivity index is 2.24. The van der Waals surface area contributed by atoms with Crippen LogP contribution in [0, 0.1) is 0 Å². The Morgan fingerprint density at radius 3 is 2.62 bits per heavy atom. The fourth-order valence-corrected chi connectivity index (χ4v) is 1.79. The average molecular weight is 299 g/mol. The number of hydrogen-bond acceptors (Lipinski definition) is 3. The van der Waals surface area contributed by atoms with Crippen molar-refractivity contribution in [2.75, 3.05) is 5.32 Å². The van der Waals surface area contributed by atoms with E-state index >= 15 is 0 Å². The van der Waals surface area contributed by atoms with Gasteiger partial charge < -0.3 is 10.4 Å².